The predicted molar refractivity (Wildman–Crippen MR) is 117 cm³/mol. The monoisotopic (exact) mass is 437 g/mol. The third-order valence-corrected chi connectivity index (χ3v) is 5.53. The fraction of sp³-hybridized carbons (Fsp3) is 0.0909. The number of aliphatic imine (C=N–C) groups is 1. The number of hydrogen-bond acceptors (Lipinski definition) is 6. The molecule has 0 atom stereocenters. The second-order valence-electron chi connectivity index (χ2n) is 6.51. The number of amides is 1. The number of nitrogens with zero attached hydrogens (tertiary/aromatic N) is 3. The van der Waals surface area contributed by atoms with E-state index in [-0.39, 0.29) is 17.4 Å². The molecule has 0 spiro atoms. The minimum atomic E-state index is -0.469. The van der Waals surface area contributed by atoms with Crippen LogP contribution in [0.25, 0.3) is 17.4 Å². The largest absolute Gasteiger partial charge is 0.456 e. The van der Waals surface area contributed by atoms with E-state index in [2.05, 4.69) is 4.99 Å². The highest BCUT2D eigenvalue weighted by Crippen LogP contribution is 2.36. The van der Waals surface area contributed by atoms with Gasteiger partial charge in [0.1, 0.15) is 17.3 Å². The molecular formula is C22H16FN3O4S. The molecule has 4 rings (SSSR count). The van der Waals surface area contributed by atoms with E-state index >= 15 is 0 Å². The van der Waals surface area contributed by atoms with E-state index in [1.807, 2.05) is 6.92 Å². The van der Waals surface area contributed by atoms with Crippen molar-refractivity contribution in [2.45, 2.75) is 6.92 Å². The minimum Gasteiger partial charge on any atom is -0.456 e. The minimum absolute atomic E-state index is 0.0618. The summed E-state index contributed by atoms with van der Waals surface area (Å²) in [6.45, 7) is 2.25. The van der Waals surface area contributed by atoms with Crippen LogP contribution in [0.3, 0.4) is 0 Å². The molecule has 0 saturated carbocycles. The van der Waals surface area contributed by atoms with Gasteiger partial charge in [-0.1, -0.05) is 12.1 Å². The van der Waals surface area contributed by atoms with Gasteiger partial charge in [-0.25, -0.2) is 9.38 Å². The first-order valence-corrected chi connectivity index (χ1v) is 10.2. The maximum atomic E-state index is 13.1. The van der Waals surface area contributed by atoms with Gasteiger partial charge in [-0.2, -0.15) is 0 Å². The van der Waals surface area contributed by atoms with Gasteiger partial charge in [-0.3, -0.25) is 19.8 Å². The van der Waals surface area contributed by atoms with Crippen molar-refractivity contribution in [1.82, 2.24) is 4.90 Å². The molecule has 1 saturated heterocycles. The summed E-state index contributed by atoms with van der Waals surface area (Å²) < 4.78 is 18.9. The average Bonchev–Trinajstić information content (AvgIpc) is 3.34. The maximum Gasteiger partial charge on any atom is 0.280 e. The second kappa shape index (κ2) is 8.57. The van der Waals surface area contributed by atoms with Gasteiger partial charge < -0.3 is 4.42 Å². The first-order chi connectivity index (χ1) is 15.0. The molecule has 7 nitrogen and oxygen atoms in total. The quantitative estimate of drug-likeness (QED) is 0.294. The van der Waals surface area contributed by atoms with Crippen LogP contribution in [-0.4, -0.2) is 27.4 Å². The standard InChI is InChI=1S/C22H16FN3O4S/c1-2-25-21(27)20(31-22(25)24-15-9-7-14(23)8-10-15)13-16-11-12-19(30-16)17-5-3-4-6-18(17)26(28)29/h3-13H,2H2,1H3/b20-13-,24-22?. The van der Waals surface area contributed by atoms with Crippen LogP contribution < -0.4 is 0 Å². The summed E-state index contributed by atoms with van der Waals surface area (Å²) in [6, 6.07) is 15.3. The SMILES string of the molecule is CCN1C(=O)/C(=C/c2ccc(-c3ccccc3[N+](=O)[O-])o2)SC1=Nc1ccc(F)cc1. The summed E-state index contributed by atoms with van der Waals surface area (Å²) >= 11 is 1.18. The summed E-state index contributed by atoms with van der Waals surface area (Å²) in [4.78, 5) is 30.0. The van der Waals surface area contributed by atoms with Crippen LogP contribution in [0.15, 0.2) is 75.0 Å². The molecule has 1 aliphatic heterocycles. The van der Waals surface area contributed by atoms with E-state index in [4.69, 9.17) is 4.42 Å². The molecule has 31 heavy (non-hydrogen) atoms. The summed E-state index contributed by atoms with van der Waals surface area (Å²) in [7, 11) is 0. The molecule has 0 unspecified atom stereocenters. The van der Waals surface area contributed by atoms with E-state index in [1.54, 1.807) is 36.4 Å². The number of halogens is 1. The van der Waals surface area contributed by atoms with Gasteiger partial charge in [0, 0.05) is 18.7 Å². The summed E-state index contributed by atoms with van der Waals surface area (Å²) in [5.41, 5.74) is 0.831. The number of hydrogen-bond donors (Lipinski definition) is 0. The molecular weight excluding hydrogens is 421 g/mol. The van der Waals surface area contributed by atoms with Crippen LogP contribution >= 0.6 is 11.8 Å². The Balaban J connectivity index is 1.63. The van der Waals surface area contributed by atoms with Crippen molar-refractivity contribution >= 4 is 40.3 Å². The Labute approximate surface area is 181 Å². The number of likely N-dealkylation sites (N-methyl/N-ethyl adjacent to an activating group) is 1. The fourth-order valence-electron chi connectivity index (χ4n) is 3.04. The number of rotatable bonds is 5. The van der Waals surface area contributed by atoms with Crippen molar-refractivity contribution < 1.29 is 18.5 Å². The Hall–Kier alpha value is -3.72. The molecule has 0 N–H and O–H groups in total. The van der Waals surface area contributed by atoms with Gasteiger partial charge in [0.05, 0.1) is 21.1 Å². The molecule has 1 aromatic heterocycles. The molecule has 3 aromatic rings. The van der Waals surface area contributed by atoms with Gasteiger partial charge in [-0.05, 0) is 61.2 Å². The molecule has 2 aromatic carbocycles. The lowest BCUT2D eigenvalue weighted by molar-refractivity contribution is -0.384. The Kier molecular flexibility index (Phi) is 5.68. The van der Waals surface area contributed by atoms with Crippen LogP contribution in [0.2, 0.25) is 0 Å². The fourth-order valence-corrected chi connectivity index (χ4v) is 4.08. The van der Waals surface area contributed by atoms with Gasteiger partial charge in [-0.15, -0.1) is 0 Å². The lowest BCUT2D eigenvalue weighted by Crippen LogP contribution is -2.28. The van der Waals surface area contributed by atoms with Crippen molar-refractivity contribution in [3.63, 3.8) is 0 Å². The number of carbonyl (C=O) groups excluding carboxylic acids is 1. The first kappa shape index (κ1) is 20.5. The summed E-state index contributed by atoms with van der Waals surface area (Å²) in [5.74, 6) is 0.140. The molecule has 0 radical (unpaired) electrons. The number of nitro groups is 1. The molecule has 1 fully saturated rings. The molecule has 1 aliphatic rings. The topological polar surface area (TPSA) is 89.0 Å². The van der Waals surface area contributed by atoms with E-state index in [0.717, 1.165) is 0 Å². The van der Waals surface area contributed by atoms with Gasteiger partial charge in [0.25, 0.3) is 11.6 Å². The molecule has 156 valence electrons. The highest BCUT2D eigenvalue weighted by atomic mass is 32.2. The van der Waals surface area contributed by atoms with Crippen LogP contribution in [0.4, 0.5) is 15.8 Å². The van der Waals surface area contributed by atoms with Crippen molar-refractivity contribution in [2.75, 3.05) is 6.54 Å². The lowest BCUT2D eigenvalue weighted by Gasteiger charge is -2.11. The van der Waals surface area contributed by atoms with Crippen LogP contribution in [0.1, 0.15) is 12.7 Å². The van der Waals surface area contributed by atoms with Gasteiger partial charge in [0.15, 0.2) is 5.17 Å². The third-order valence-electron chi connectivity index (χ3n) is 4.52. The van der Waals surface area contributed by atoms with Gasteiger partial charge >= 0.3 is 0 Å². The van der Waals surface area contributed by atoms with E-state index in [1.165, 1.54) is 47.0 Å². The highest BCUT2D eigenvalue weighted by Gasteiger charge is 2.32. The highest BCUT2D eigenvalue weighted by molar-refractivity contribution is 8.18. The van der Waals surface area contributed by atoms with E-state index in [9.17, 15) is 19.3 Å². The Morgan fingerprint density at radius 1 is 1.16 bits per heavy atom. The molecule has 1 amide bonds. The van der Waals surface area contributed by atoms with E-state index < -0.39 is 4.92 Å². The van der Waals surface area contributed by atoms with Crippen molar-refractivity contribution in [2.24, 2.45) is 4.99 Å². The second-order valence-corrected chi connectivity index (χ2v) is 7.52. The number of amidine groups is 1. The molecule has 9 heteroatoms. The van der Waals surface area contributed by atoms with Crippen molar-refractivity contribution in [3.05, 3.63) is 87.3 Å². The Morgan fingerprint density at radius 2 is 1.90 bits per heavy atom. The van der Waals surface area contributed by atoms with Crippen LogP contribution in [0.5, 0.6) is 0 Å². The molecule has 2 heterocycles. The third kappa shape index (κ3) is 4.26. The first-order valence-electron chi connectivity index (χ1n) is 9.35. The van der Waals surface area contributed by atoms with Crippen molar-refractivity contribution in [1.29, 1.82) is 0 Å². The summed E-state index contributed by atoms with van der Waals surface area (Å²) in [5, 5.41) is 11.7. The van der Waals surface area contributed by atoms with Crippen LogP contribution in [0, 0.1) is 15.9 Å². The number of para-hydroxylation sites is 1. The summed E-state index contributed by atoms with van der Waals surface area (Å²) in [6.07, 6.45) is 1.58. The maximum absolute atomic E-state index is 13.1. The van der Waals surface area contributed by atoms with Crippen molar-refractivity contribution in [3.8, 4) is 11.3 Å². The Morgan fingerprint density at radius 3 is 2.61 bits per heavy atom. The number of benzene rings is 2. The number of carbonyl (C=O) groups is 1. The molecule has 0 bridgehead atoms. The number of furan rings is 1. The zero-order chi connectivity index (χ0) is 22.0. The zero-order valence-electron chi connectivity index (χ0n) is 16.3. The predicted octanol–water partition coefficient (Wildman–Crippen LogP) is 5.62. The lowest BCUT2D eigenvalue weighted by atomic mass is 10.1. The van der Waals surface area contributed by atoms with Crippen LogP contribution in [-0.2, 0) is 4.79 Å². The Bertz CT molecular complexity index is 1220. The van der Waals surface area contributed by atoms with Gasteiger partial charge in [0.2, 0.25) is 0 Å². The number of thioether (sulfide) groups is 1. The zero-order valence-corrected chi connectivity index (χ0v) is 17.1. The molecule has 0 aliphatic carbocycles. The normalized spacial score (nSPS) is 16.5. The average molecular weight is 437 g/mol. The number of nitro benzene ring substituents is 1. The van der Waals surface area contributed by atoms with E-state index in [0.29, 0.717) is 39.4 Å². The smallest absolute Gasteiger partial charge is 0.280 e.